The summed E-state index contributed by atoms with van der Waals surface area (Å²) < 4.78 is 32.7. The van der Waals surface area contributed by atoms with Gasteiger partial charge in [0.25, 0.3) is 0 Å². The third-order valence-corrected chi connectivity index (χ3v) is 0.596. The van der Waals surface area contributed by atoms with Gasteiger partial charge in [0.2, 0.25) is 0 Å². The van der Waals surface area contributed by atoms with Gasteiger partial charge in [0.15, 0.2) is 0 Å². The van der Waals surface area contributed by atoms with E-state index in [1.807, 2.05) is 26.8 Å². The number of allylic oxidation sites excluding steroid dienone is 1. The van der Waals surface area contributed by atoms with E-state index in [1.54, 1.807) is 0 Å². The average molecular weight is 200 g/mol. The molecule has 0 bridgehead atoms. The third kappa shape index (κ3) is 52.2. The minimum Gasteiger partial charge on any atom is -0.325 e. The summed E-state index contributed by atoms with van der Waals surface area (Å²) in [6, 6.07) is 0.213. The Balaban J connectivity index is 0. The molecule has 0 radical (unpaired) electrons. The Morgan fingerprint density at radius 2 is 1.67 bits per heavy atom. The van der Waals surface area contributed by atoms with E-state index in [9.17, 15) is 0 Å². The molecule has 0 spiro atoms. The molecule has 1 unspecified atom stereocenters. The molecule has 6 heteroatoms. The zero-order chi connectivity index (χ0) is 10.4. The fraction of sp³-hybridized carbons (Fsp3) is 0.667. The molecule has 0 heterocycles. The molecular formula is C6H14ClNO4. The minimum atomic E-state index is -4.69. The van der Waals surface area contributed by atoms with Crippen molar-refractivity contribution >= 4 is 0 Å². The van der Waals surface area contributed by atoms with Crippen LogP contribution < -0.4 is 19.7 Å². The summed E-state index contributed by atoms with van der Waals surface area (Å²) in [6.45, 7) is 6.06. The zero-order valence-electron chi connectivity index (χ0n) is 7.28. The fourth-order valence-corrected chi connectivity index (χ4v) is 0.526. The monoisotopic (exact) mass is 199 g/mol. The van der Waals surface area contributed by atoms with Gasteiger partial charge in [0.1, 0.15) is 0 Å². The van der Waals surface area contributed by atoms with Crippen molar-refractivity contribution < 1.29 is 28.9 Å². The lowest BCUT2D eigenvalue weighted by atomic mass is 10.2. The van der Waals surface area contributed by atoms with Crippen LogP contribution in [0.1, 0.15) is 20.8 Å². The van der Waals surface area contributed by atoms with Crippen LogP contribution in [0, 0.1) is 10.2 Å². The highest BCUT2D eigenvalue weighted by atomic mass is 35.7. The lowest BCUT2D eigenvalue weighted by molar-refractivity contribution is -1.92. The van der Waals surface area contributed by atoms with Gasteiger partial charge in [-0.1, -0.05) is 11.6 Å². The maximum atomic E-state index is 8.60. The Labute approximate surface area is 73.9 Å². The Hall–Kier alpha value is -0.170. The van der Waals surface area contributed by atoms with Gasteiger partial charge in [0.05, 0.1) is 14.9 Å². The molecule has 74 valence electrons. The first kappa shape index (κ1) is 14.4. The smallest absolute Gasteiger partial charge is 0.0777 e. The first-order chi connectivity index (χ1) is 5.13. The van der Waals surface area contributed by atoms with Gasteiger partial charge in [-0.2, -0.15) is 14.0 Å². The van der Waals surface area contributed by atoms with Crippen LogP contribution in [0.15, 0.2) is 11.6 Å². The maximum absolute atomic E-state index is 8.60. The Morgan fingerprint density at radius 1 is 1.42 bits per heavy atom. The Morgan fingerprint density at radius 3 is 1.67 bits per heavy atom. The van der Waals surface area contributed by atoms with Crippen molar-refractivity contribution in [1.82, 2.24) is 0 Å². The van der Waals surface area contributed by atoms with E-state index in [-0.39, 0.29) is 6.04 Å². The molecule has 0 aliphatic carbocycles. The predicted molar refractivity (Wildman–Crippen MR) is 35.3 cm³/mol. The second-order valence-corrected chi connectivity index (χ2v) is 3.29. The quantitative estimate of drug-likeness (QED) is 0.442. The van der Waals surface area contributed by atoms with Crippen molar-refractivity contribution in [3.8, 4) is 0 Å². The molecule has 3 N–H and O–H groups in total. The maximum Gasteiger partial charge on any atom is 0.0777 e. The molecule has 5 nitrogen and oxygen atoms in total. The second kappa shape index (κ2) is 6.36. The number of halogens is 1. The van der Waals surface area contributed by atoms with Crippen molar-refractivity contribution in [1.29, 1.82) is 0 Å². The summed E-state index contributed by atoms with van der Waals surface area (Å²) in [4.78, 5) is 0. The van der Waals surface area contributed by atoms with Crippen LogP contribution in [-0.2, 0) is 0 Å². The summed E-state index contributed by atoms with van der Waals surface area (Å²) in [6.07, 6.45) is 2.03. The van der Waals surface area contributed by atoms with Crippen molar-refractivity contribution in [3.05, 3.63) is 11.6 Å². The van der Waals surface area contributed by atoms with Crippen molar-refractivity contribution in [3.63, 3.8) is 0 Å². The van der Waals surface area contributed by atoms with E-state index in [4.69, 9.17) is 24.4 Å². The van der Waals surface area contributed by atoms with Crippen LogP contribution in [0.25, 0.3) is 0 Å². The van der Waals surface area contributed by atoms with E-state index in [1.165, 1.54) is 5.57 Å². The summed E-state index contributed by atoms with van der Waals surface area (Å²) in [5.41, 5.74) is 6.70. The highest BCUT2D eigenvalue weighted by Crippen LogP contribution is 1.88. The Kier molecular flexibility index (Phi) is 7.61. The molecule has 0 saturated heterocycles. The summed E-state index contributed by atoms with van der Waals surface area (Å²) in [5.74, 6) is 0. The standard InChI is InChI=1S/C6H13N.ClHO4/c1-5(2)4-6(3)7;2-1(3,4)5/h4,6H,7H2,1-3H3;(H,2,3,4,5). The average Bonchev–Trinajstić information content (AvgIpc) is 1.52. The number of nitrogens with two attached hydrogens (primary N) is 1. The summed E-state index contributed by atoms with van der Waals surface area (Å²) in [5, 5.41) is 0. The van der Waals surface area contributed by atoms with Gasteiger partial charge in [-0.15, -0.1) is 0 Å². The van der Waals surface area contributed by atoms with Gasteiger partial charge < -0.3 is 5.73 Å². The highest BCUT2D eigenvalue weighted by Gasteiger charge is 1.98. The molecule has 0 rings (SSSR count). The predicted octanol–water partition coefficient (Wildman–Crippen LogP) is -2.82. The molecule has 0 aromatic rings. The van der Waals surface area contributed by atoms with Crippen LogP contribution in [0.3, 0.4) is 0 Å². The van der Waals surface area contributed by atoms with Crippen LogP contribution in [0.4, 0.5) is 0 Å². The lowest BCUT2D eigenvalue weighted by Crippen LogP contribution is -2.58. The first-order valence-corrected chi connectivity index (χ1v) is 4.43. The largest absolute Gasteiger partial charge is 0.325 e. The van der Waals surface area contributed by atoms with Crippen LogP contribution in [0.2, 0.25) is 0 Å². The zero-order valence-corrected chi connectivity index (χ0v) is 8.04. The molecule has 0 amide bonds. The fourth-order valence-electron chi connectivity index (χ4n) is 0.526. The molecule has 12 heavy (non-hydrogen) atoms. The van der Waals surface area contributed by atoms with E-state index >= 15 is 0 Å². The molecule has 0 aromatic heterocycles. The molecular weight excluding hydrogens is 186 g/mol. The van der Waals surface area contributed by atoms with Crippen LogP contribution >= 0.6 is 0 Å². The highest BCUT2D eigenvalue weighted by molar-refractivity contribution is 4.97. The molecule has 0 aromatic carbocycles. The van der Waals surface area contributed by atoms with Gasteiger partial charge in [-0.25, -0.2) is 0 Å². The number of hydrogen-bond acceptors (Lipinski definition) is 5. The minimum absolute atomic E-state index is 0.213. The van der Waals surface area contributed by atoms with Crippen LogP contribution in [0.5, 0.6) is 0 Å². The topological polar surface area (TPSA) is 115 Å². The normalized spacial score (nSPS) is 12.7. The van der Waals surface area contributed by atoms with Crippen molar-refractivity contribution in [2.45, 2.75) is 26.8 Å². The summed E-state index contributed by atoms with van der Waals surface area (Å²) >= 11 is 0. The van der Waals surface area contributed by atoms with Gasteiger partial charge in [-0.05, 0) is 20.8 Å². The summed E-state index contributed by atoms with van der Waals surface area (Å²) in [7, 11) is -4.69. The lowest BCUT2D eigenvalue weighted by Gasteiger charge is -2.03. The van der Waals surface area contributed by atoms with Crippen LogP contribution in [-0.4, -0.2) is 10.7 Å². The van der Waals surface area contributed by atoms with E-state index in [2.05, 4.69) is 0 Å². The van der Waals surface area contributed by atoms with Gasteiger partial charge in [0, 0.05) is 6.04 Å². The second-order valence-electron chi connectivity index (χ2n) is 2.50. The van der Waals surface area contributed by atoms with E-state index < -0.39 is 10.2 Å². The SMILES string of the molecule is CC(C)=CC(C)N.[O-][Cl+3]([O-])([O-])O. The molecule has 0 fully saturated rings. The van der Waals surface area contributed by atoms with Gasteiger partial charge in [-0.3, -0.25) is 0 Å². The van der Waals surface area contributed by atoms with E-state index in [0.717, 1.165) is 0 Å². The molecule has 0 saturated carbocycles. The number of hydrogen-bond donors (Lipinski definition) is 2. The molecule has 0 aliphatic heterocycles. The number of rotatable bonds is 1. The van der Waals surface area contributed by atoms with Gasteiger partial charge >= 0.3 is 0 Å². The Bertz CT molecular complexity index is 131. The van der Waals surface area contributed by atoms with Crippen molar-refractivity contribution in [2.75, 3.05) is 0 Å². The first-order valence-electron chi connectivity index (χ1n) is 3.16. The third-order valence-electron chi connectivity index (χ3n) is 0.596. The van der Waals surface area contributed by atoms with E-state index in [0.29, 0.717) is 0 Å². The molecule has 0 aliphatic rings. The van der Waals surface area contributed by atoms with Crippen molar-refractivity contribution in [2.24, 2.45) is 5.73 Å². The molecule has 1 atom stereocenters.